The SMILES string of the molecule is C/C=C/C1CCC(c2ccc(-c3ccc(-c4ccc(CCCCCCCC)c(F)c4F)cc3)cc2F)OC1. The molecule has 202 valence electrons. The highest BCUT2D eigenvalue weighted by Gasteiger charge is 2.24. The highest BCUT2D eigenvalue weighted by Crippen LogP contribution is 2.35. The average molecular weight is 521 g/mol. The Hall–Kier alpha value is -2.85. The van der Waals surface area contributed by atoms with Crippen LogP contribution in [-0.2, 0) is 11.2 Å². The fraction of sp³-hybridized carbons (Fsp3) is 0.412. The molecule has 1 fully saturated rings. The van der Waals surface area contributed by atoms with E-state index in [4.69, 9.17) is 4.74 Å². The molecule has 3 aromatic carbocycles. The van der Waals surface area contributed by atoms with Gasteiger partial charge in [-0.05, 0) is 60.9 Å². The Kier molecular flexibility index (Phi) is 10.2. The van der Waals surface area contributed by atoms with Crippen molar-refractivity contribution < 1.29 is 17.9 Å². The molecule has 0 spiro atoms. The van der Waals surface area contributed by atoms with Gasteiger partial charge in [0.25, 0.3) is 0 Å². The van der Waals surface area contributed by atoms with Crippen LogP contribution in [0.4, 0.5) is 13.2 Å². The van der Waals surface area contributed by atoms with Crippen LogP contribution in [0.2, 0.25) is 0 Å². The summed E-state index contributed by atoms with van der Waals surface area (Å²) in [7, 11) is 0. The van der Waals surface area contributed by atoms with Crippen LogP contribution in [-0.4, -0.2) is 6.61 Å². The van der Waals surface area contributed by atoms with Crippen molar-refractivity contribution in [2.24, 2.45) is 5.92 Å². The predicted molar refractivity (Wildman–Crippen MR) is 150 cm³/mol. The summed E-state index contributed by atoms with van der Waals surface area (Å²) >= 11 is 0. The average Bonchev–Trinajstić information content (AvgIpc) is 2.94. The van der Waals surface area contributed by atoms with Gasteiger partial charge in [0.05, 0.1) is 12.7 Å². The van der Waals surface area contributed by atoms with Gasteiger partial charge in [0.1, 0.15) is 5.82 Å². The van der Waals surface area contributed by atoms with E-state index in [9.17, 15) is 8.78 Å². The van der Waals surface area contributed by atoms with Gasteiger partial charge in [0, 0.05) is 17.0 Å². The second kappa shape index (κ2) is 13.8. The molecule has 0 saturated carbocycles. The maximum Gasteiger partial charge on any atom is 0.166 e. The van der Waals surface area contributed by atoms with Crippen molar-refractivity contribution >= 4 is 0 Å². The summed E-state index contributed by atoms with van der Waals surface area (Å²) in [5.74, 6) is -1.44. The Labute approximate surface area is 225 Å². The maximum absolute atomic E-state index is 15.0. The molecule has 0 amide bonds. The third-order valence-electron chi connectivity index (χ3n) is 7.61. The van der Waals surface area contributed by atoms with Crippen LogP contribution in [0.15, 0.2) is 66.7 Å². The van der Waals surface area contributed by atoms with E-state index < -0.39 is 11.6 Å². The molecule has 1 nitrogen and oxygen atoms in total. The van der Waals surface area contributed by atoms with Crippen molar-refractivity contribution in [1.82, 2.24) is 0 Å². The van der Waals surface area contributed by atoms with Gasteiger partial charge in [0.2, 0.25) is 0 Å². The van der Waals surface area contributed by atoms with E-state index in [2.05, 4.69) is 13.0 Å². The molecular formula is C34H39F3O. The van der Waals surface area contributed by atoms with Gasteiger partial charge in [-0.1, -0.05) is 99.7 Å². The summed E-state index contributed by atoms with van der Waals surface area (Å²) in [6.07, 6.45) is 12.9. The number of halogens is 3. The van der Waals surface area contributed by atoms with Crippen LogP contribution in [0.3, 0.4) is 0 Å². The minimum atomic E-state index is -0.805. The largest absolute Gasteiger partial charge is 0.373 e. The molecule has 1 saturated heterocycles. The van der Waals surface area contributed by atoms with Gasteiger partial charge in [-0.2, -0.15) is 0 Å². The minimum Gasteiger partial charge on any atom is -0.373 e. The van der Waals surface area contributed by atoms with Crippen LogP contribution < -0.4 is 0 Å². The van der Waals surface area contributed by atoms with Gasteiger partial charge < -0.3 is 4.74 Å². The fourth-order valence-corrected chi connectivity index (χ4v) is 5.35. The standard InChI is InChI=1S/C34H39F3O/c1-3-5-6-7-8-9-11-27-17-19-29(34(37)33(27)36)26-15-13-25(14-16-26)28-18-20-30(31(35)22-28)32-21-12-24(10-4-2)23-38-32/h4,10,13-20,22,24,32H,3,5-9,11-12,21,23H2,1-2H3/b10-4+. The summed E-state index contributed by atoms with van der Waals surface area (Å²) < 4.78 is 50.7. The van der Waals surface area contributed by atoms with Gasteiger partial charge in [-0.25, -0.2) is 13.2 Å². The number of benzene rings is 3. The molecule has 0 aliphatic carbocycles. The molecule has 0 radical (unpaired) electrons. The third kappa shape index (κ3) is 6.96. The van der Waals surface area contributed by atoms with Gasteiger partial charge in [-0.3, -0.25) is 0 Å². The first kappa shape index (κ1) is 28.2. The summed E-state index contributed by atoms with van der Waals surface area (Å²) in [6.45, 7) is 4.78. The van der Waals surface area contributed by atoms with E-state index in [0.717, 1.165) is 43.2 Å². The zero-order valence-corrected chi connectivity index (χ0v) is 22.6. The first-order chi connectivity index (χ1) is 18.5. The van der Waals surface area contributed by atoms with E-state index in [0.29, 0.717) is 35.6 Å². The van der Waals surface area contributed by atoms with Crippen molar-refractivity contribution in [3.63, 3.8) is 0 Å². The molecule has 2 unspecified atom stereocenters. The second-order valence-electron chi connectivity index (χ2n) is 10.4. The first-order valence-corrected chi connectivity index (χ1v) is 14.1. The van der Waals surface area contributed by atoms with Crippen LogP contribution in [0, 0.1) is 23.4 Å². The lowest BCUT2D eigenvalue weighted by Crippen LogP contribution is -2.20. The van der Waals surface area contributed by atoms with E-state index in [1.54, 1.807) is 30.3 Å². The lowest BCUT2D eigenvalue weighted by atomic mass is 9.92. The number of ether oxygens (including phenoxy) is 1. The van der Waals surface area contributed by atoms with Crippen LogP contribution >= 0.6 is 0 Å². The smallest absolute Gasteiger partial charge is 0.166 e. The summed E-state index contributed by atoms with van der Waals surface area (Å²) in [5.41, 5.74) is 3.42. The first-order valence-electron chi connectivity index (χ1n) is 14.1. The summed E-state index contributed by atoms with van der Waals surface area (Å²) in [5, 5.41) is 0. The number of aryl methyl sites for hydroxylation is 1. The van der Waals surface area contributed by atoms with Crippen molar-refractivity contribution in [1.29, 1.82) is 0 Å². The maximum atomic E-state index is 15.0. The highest BCUT2D eigenvalue weighted by atomic mass is 19.2. The second-order valence-corrected chi connectivity index (χ2v) is 10.4. The Morgan fingerprint density at radius 1 is 0.789 bits per heavy atom. The molecule has 1 aliphatic rings. The van der Waals surface area contributed by atoms with Gasteiger partial charge in [-0.15, -0.1) is 0 Å². The van der Waals surface area contributed by atoms with Crippen LogP contribution in [0.5, 0.6) is 0 Å². The summed E-state index contributed by atoms with van der Waals surface area (Å²) in [6, 6.07) is 15.8. The van der Waals surface area contributed by atoms with E-state index in [1.165, 1.54) is 25.3 Å². The van der Waals surface area contributed by atoms with Gasteiger partial charge in [0.15, 0.2) is 11.6 Å². The monoisotopic (exact) mass is 520 g/mol. The van der Waals surface area contributed by atoms with E-state index >= 15 is 4.39 Å². The molecule has 0 N–H and O–H groups in total. The Morgan fingerprint density at radius 3 is 2.18 bits per heavy atom. The zero-order chi connectivity index (χ0) is 26.9. The lowest BCUT2D eigenvalue weighted by molar-refractivity contribution is -0.00711. The molecule has 0 bridgehead atoms. The number of allylic oxidation sites excluding steroid dienone is 1. The topological polar surface area (TPSA) is 9.23 Å². The Morgan fingerprint density at radius 2 is 1.50 bits per heavy atom. The number of hydrogen-bond acceptors (Lipinski definition) is 1. The number of hydrogen-bond donors (Lipinski definition) is 0. The minimum absolute atomic E-state index is 0.227. The van der Waals surface area contributed by atoms with E-state index in [-0.39, 0.29) is 17.5 Å². The lowest BCUT2D eigenvalue weighted by Gasteiger charge is -2.28. The van der Waals surface area contributed by atoms with Crippen molar-refractivity contribution in [3.05, 3.63) is 95.3 Å². The molecule has 2 atom stereocenters. The summed E-state index contributed by atoms with van der Waals surface area (Å²) in [4.78, 5) is 0. The van der Waals surface area contributed by atoms with Crippen molar-refractivity contribution in [2.75, 3.05) is 6.61 Å². The number of unbranched alkanes of at least 4 members (excludes halogenated alkanes) is 5. The number of rotatable bonds is 11. The van der Waals surface area contributed by atoms with Crippen LogP contribution in [0.1, 0.15) is 82.4 Å². The quantitative estimate of drug-likeness (QED) is 0.180. The third-order valence-corrected chi connectivity index (χ3v) is 7.61. The molecule has 4 heteroatoms. The van der Waals surface area contributed by atoms with E-state index in [1.807, 2.05) is 31.2 Å². The fourth-order valence-electron chi connectivity index (χ4n) is 5.35. The van der Waals surface area contributed by atoms with Crippen molar-refractivity contribution in [3.8, 4) is 22.3 Å². The highest BCUT2D eigenvalue weighted by molar-refractivity contribution is 5.71. The normalized spacial score (nSPS) is 17.8. The predicted octanol–water partition coefficient (Wildman–Crippen LogP) is 10.4. The van der Waals surface area contributed by atoms with Crippen LogP contribution in [0.25, 0.3) is 22.3 Å². The molecular weight excluding hydrogens is 481 g/mol. The molecule has 1 aliphatic heterocycles. The molecule has 1 heterocycles. The molecule has 4 rings (SSSR count). The zero-order valence-electron chi connectivity index (χ0n) is 22.6. The Balaban J connectivity index is 1.41. The molecule has 38 heavy (non-hydrogen) atoms. The Bertz CT molecular complexity index is 1210. The molecule has 3 aromatic rings. The van der Waals surface area contributed by atoms with Gasteiger partial charge >= 0.3 is 0 Å². The molecule has 0 aromatic heterocycles. The van der Waals surface area contributed by atoms with Crippen molar-refractivity contribution in [2.45, 2.75) is 77.7 Å².